The molecule has 2 N–H and O–H groups in total. The fraction of sp³-hybridized carbons (Fsp3) is 0.444. The predicted octanol–water partition coefficient (Wildman–Crippen LogP) is 4.26. The van der Waals surface area contributed by atoms with E-state index in [0.717, 1.165) is 6.42 Å². The largest absolute Gasteiger partial charge is 0.481 e. The molecule has 0 bridgehead atoms. The topological polar surface area (TPSA) is 95.9 Å². The minimum atomic E-state index is -0.809. The number of ether oxygens (including phenoxy) is 1. The van der Waals surface area contributed by atoms with Crippen LogP contribution in [0.5, 0.6) is 0 Å². The van der Waals surface area contributed by atoms with Gasteiger partial charge in [-0.25, -0.2) is 4.79 Å². The Hall–Kier alpha value is -3.35. The lowest BCUT2D eigenvalue weighted by Gasteiger charge is -2.21. The molecule has 4 rings (SSSR count). The number of alkyl carbamates (subject to hydrolysis) is 1. The summed E-state index contributed by atoms with van der Waals surface area (Å²) in [6, 6.07) is 16.4. The van der Waals surface area contributed by atoms with Crippen LogP contribution >= 0.6 is 0 Å². The molecule has 1 fully saturated rings. The van der Waals surface area contributed by atoms with E-state index >= 15 is 0 Å². The zero-order chi connectivity index (χ0) is 24.1. The number of hydrogen-bond donors (Lipinski definition) is 2. The van der Waals surface area contributed by atoms with E-state index in [9.17, 15) is 14.4 Å². The van der Waals surface area contributed by atoms with Gasteiger partial charge in [0.25, 0.3) is 0 Å². The maximum Gasteiger partial charge on any atom is 0.407 e. The fourth-order valence-corrected chi connectivity index (χ4v) is 4.88. The van der Waals surface area contributed by atoms with E-state index in [0.29, 0.717) is 32.5 Å². The monoisotopic (exact) mass is 464 g/mol. The number of amides is 2. The van der Waals surface area contributed by atoms with Crippen molar-refractivity contribution >= 4 is 18.0 Å². The van der Waals surface area contributed by atoms with Gasteiger partial charge >= 0.3 is 12.1 Å². The molecule has 0 radical (unpaired) electrons. The van der Waals surface area contributed by atoms with Crippen molar-refractivity contribution in [1.29, 1.82) is 0 Å². The predicted molar refractivity (Wildman–Crippen MR) is 128 cm³/mol. The van der Waals surface area contributed by atoms with E-state index in [-0.39, 0.29) is 36.7 Å². The molecule has 180 valence electrons. The van der Waals surface area contributed by atoms with Crippen molar-refractivity contribution in [1.82, 2.24) is 10.2 Å². The minimum Gasteiger partial charge on any atom is -0.481 e. The van der Waals surface area contributed by atoms with E-state index in [1.165, 1.54) is 22.3 Å². The first-order chi connectivity index (χ1) is 16.5. The number of carboxylic acids is 1. The van der Waals surface area contributed by atoms with Gasteiger partial charge in [0, 0.05) is 37.9 Å². The first-order valence-corrected chi connectivity index (χ1v) is 12.1. The minimum absolute atomic E-state index is 0.0210. The lowest BCUT2D eigenvalue weighted by atomic mass is 9.98. The zero-order valence-corrected chi connectivity index (χ0v) is 19.5. The number of rotatable bonds is 11. The van der Waals surface area contributed by atoms with Gasteiger partial charge in [-0.3, -0.25) is 9.59 Å². The molecule has 2 aliphatic carbocycles. The number of carbonyl (C=O) groups excluding carboxylic acids is 2. The second-order valence-corrected chi connectivity index (χ2v) is 9.08. The SMILES string of the molecule is CCN(CCCCC(=O)O)C(=O)[C@@H]1C[C@@H]1CNC(=O)OCC1c2ccccc2-c2ccccc21. The van der Waals surface area contributed by atoms with Crippen molar-refractivity contribution in [2.75, 3.05) is 26.2 Å². The van der Waals surface area contributed by atoms with Crippen molar-refractivity contribution in [2.24, 2.45) is 11.8 Å². The Kier molecular flexibility index (Phi) is 7.50. The number of carbonyl (C=O) groups is 3. The van der Waals surface area contributed by atoms with Gasteiger partial charge in [-0.05, 0) is 54.4 Å². The van der Waals surface area contributed by atoms with E-state index in [2.05, 4.69) is 29.6 Å². The number of fused-ring (bicyclic) bond motifs is 3. The Morgan fingerprint density at radius 1 is 1.03 bits per heavy atom. The van der Waals surface area contributed by atoms with Crippen LogP contribution in [0.15, 0.2) is 48.5 Å². The third-order valence-corrected chi connectivity index (χ3v) is 6.85. The lowest BCUT2D eigenvalue weighted by molar-refractivity contribution is -0.137. The molecule has 2 aromatic rings. The summed E-state index contributed by atoms with van der Waals surface area (Å²) in [5, 5.41) is 11.6. The second-order valence-electron chi connectivity index (χ2n) is 9.08. The summed E-state index contributed by atoms with van der Waals surface area (Å²) in [6.07, 6.45) is 1.68. The number of aliphatic carboxylic acids is 1. The molecule has 0 unspecified atom stereocenters. The van der Waals surface area contributed by atoms with E-state index in [1.54, 1.807) is 4.90 Å². The highest BCUT2D eigenvalue weighted by atomic mass is 16.5. The summed E-state index contributed by atoms with van der Waals surface area (Å²) in [5.41, 5.74) is 4.73. The second kappa shape index (κ2) is 10.7. The molecule has 0 aliphatic heterocycles. The molecule has 34 heavy (non-hydrogen) atoms. The lowest BCUT2D eigenvalue weighted by Crippen LogP contribution is -2.34. The molecule has 2 amide bonds. The first kappa shape index (κ1) is 23.8. The van der Waals surface area contributed by atoms with Crippen LogP contribution in [0.25, 0.3) is 11.1 Å². The van der Waals surface area contributed by atoms with Gasteiger partial charge in [-0.15, -0.1) is 0 Å². The number of unbranched alkanes of at least 4 members (excludes halogenated alkanes) is 1. The molecule has 0 spiro atoms. The van der Waals surface area contributed by atoms with Crippen LogP contribution in [0.3, 0.4) is 0 Å². The summed E-state index contributed by atoms with van der Waals surface area (Å²) in [6.45, 7) is 3.80. The first-order valence-electron chi connectivity index (χ1n) is 12.1. The quantitative estimate of drug-likeness (QED) is 0.485. The Morgan fingerprint density at radius 3 is 2.29 bits per heavy atom. The van der Waals surface area contributed by atoms with Crippen molar-refractivity contribution in [3.63, 3.8) is 0 Å². The Bertz CT molecular complexity index is 1010. The van der Waals surface area contributed by atoms with Crippen LogP contribution in [-0.2, 0) is 14.3 Å². The van der Waals surface area contributed by atoms with Gasteiger partial charge in [0.15, 0.2) is 0 Å². The van der Waals surface area contributed by atoms with Crippen molar-refractivity contribution in [3.05, 3.63) is 59.7 Å². The van der Waals surface area contributed by atoms with Crippen LogP contribution in [0.4, 0.5) is 4.79 Å². The normalized spacial score (nSPS) is 18.0. The summed E-state index contributed by atoms with van der Waals surface area (Å²) < 4.78 is 5.57. The van der Waals surface area contributed by atoms with Crippen LogP contribution in [-0.4, -0.2) is 54.2 Å². The molecule has 2 aromatic carbocycles. The van der Waals surface area contributed by atoms with Crippen LogP contribution in [0.2, 0.25) is 0 Å². The molecule has 7 heteroatoms. The molecule has 2 aliphatic rings. The van der Waals surface area contributed by atoms with Crippen LogP contribution in [0.1, 0.15) is 49.7 Å². The van der Waals surface area contributed by atoms with E-state index < -0.39 is 12.1 Å². The molecule has 7 nitrogen and oxygen atoms in total. The van der Waals surface area contributed by atoms with Crippen molar-refractivity contribution in [2.45, 2.75) is 38.5 Å². The number of hydrogen-bond acceptors (Lipinski definition) is 4. The fourth-order valence-electron chi connectivity index (χ4n) is 4.88. The number of nitrogens with zero attached hydrogens (tertiary/aromatic N) is 1. The maximum atomic E-state index is 12.7. The molecule has 2 atom stereocenters. The summed E-state index contributed by atoms with van der Waals surface area (Å²) in [5.74, 6) is -0.643. The highest BCUT2D eigenvalue weighted by Gasteiger charge is 2.44. The Balaban J connectivity index is 1.21. The van der Waals surface area contributed by atoms with Gasteiger partial charge in [-0.2, -0.15) is 0 Å². The van der Waals surface area contributed by atoms with E-state index in [1.807, 2.05) is 31.2 Å². The van der Waals surface area contributed by atoms with Crippen molar-refractivity contribution < 1.29 is 24.2 Å². The Labute approximate surface area is 200 Å². The number of nitrogens with one attached hydrogen (secondary N) is 1. The molecule has 0 heterocycles. The summed E-state index contributed by atoms with van der Waals surface area (Å²) in [7, 11) is 0. The molecular formula is C27H32N2O5. The average Bonchev–Trinajstić information content (AvgIpc) is 3.56. The molecule has 0 aromatic heterocycles. The third-order valence-electron chi connectivity index (χ3n) is 6.85. The van der Waals surface area contributed by atoms with Gasteiger partial charge in [-0.1, -0.05) is 48.5 Å². The van der Waals surface area contributed by atoms with Gasteiger partial charge in [0.05, 0.1) is 0 Å². The van der Waals surface area contributed by atoms with Crippen LogP contribution < -0.4 is 5.32 Å². The van der Waals surface area contributed by atoms with E-state index in [4.69, 9.17) is 9.84 Å². The van der Waals surface area contributed by atoms with Crippen LogP contribution in [0, 0.1) is 11.8 Å². The number of carboxylic acid groups (broad SMARTS) is 1. The van der Waals surface area contributed by atoms with Gasteiger partial charge < -0.3 is 20.1 Å². The highest BCUT2D eigenvalue weighted by Crippen LogP contribution is 2.44. The number of benzene rings is 2. The van der Waals surface area contributed by atoms with Gasteiger partial charge in [0.2, 0.25) is 5.91 Å². The van der Waals surface area contributed by atoms with Crippen molar-refractivity contribution in [3.8, 4) is 11.1 Å². The maximum absolute atomic E-state index is 12.7. The van der Waals surface area contributed by atoms with Gasteiger partial charge in [0.1, 0.15) is 6.61 Å². The standard InChI is InChI=1S/C27H32N2O5/c1-2-29(14-8-7-13-25(30)31)26(32)23-15-18(23)16-28-27(33)34-17-24-21-11-5-3-9-19(21)20-10-4-6-12-22(20)24/h3-6,9-12,18,23-24H,2,7-8,13-17H2,1H3,(H,28,33)(H,30,31)/t18-,23-/m1/s1. The molecule has 0 saturated heterocycles. The molecule has 1 saturated carbocycles. The zero-order valence-electron chi connectivity index (χ0n) is 19.5. The summed E-state index contributed by atoms with van der Waals surface area (Å²) in [4.78, 5) is 37.5. The average molecular weight is 465 g/mol. The highest BCUT2D eigenvalue weighted by molar-refractivity contribution is 5.82. The molecular weight excluding hydrogens is 432 g/mol. The third kappa shape index (κ3) is 5.41. The summed E-state index contributed by atoms with van der Waals surface area (Å²) >= 11 is 0. The Morgan fingerprint density at radius 2 is 1.68 bits per heavy atom. The smallest absolute Gasteiger partial charge is 0.407 e.